The second-order valence-corrected chi connectivity index (χ2v) is 17.0. The molecule has 0 N–H and O–H groups in total. The van der Waals surface area contributed by atoms with Crippen molar-refractivity contribution in [1.82, 2.24) is 0 Å². The summed E-state index contributed by atoms with van der Waals surface area (Å²) in [5, 5.41) is 11.8. The van der Waals surface area contributed by atoms with Gasteiger partial charge in [0.1, 0.15) is 23.0 Å². The highest BCUT2D eigenvalue weighted by Gasteiger charge is 2.67. The van der Waals surface area contributed by atoms with Crippen molar-refractivity contribution in [3.8, 4) is 23.0 Å². The lowest BCUT2D eigenvalue weighted by molar-refractivity contribution is -0.179. The fraction of sp³-hybridized carbons (Fsp3) is 0.0164. The Morgan fingerprint density at radius 2 is 0.420 bits per heavy atom. The quantitative estimate of drug-likeness (QED) is 0.0643. The molecular weight excluding hydrogens is 861 g/mol. The van der Waals surface area contributed by atoms with Crippen LogP contribution in [0.15, 0.2) is 218 Å². The normalized spacial score (nSPS) is 11.7. The van der Waals surface area contributed by atoms with E-state index in [-0.39, 0.29) is 23.0 Å². The first-order valence-electron chi connectivity index (χ1n) is 22.4. The van der Waals surface area contributed by atoms with E-state index in [1.807, 2.05) is 170 Å². The standard InChI is InChI=1S/C61H36O8/c62-57(66-53-25-9-21-45-29-37-13-1-5-17-41(37)33-49(45)53)61(58(63)67-54-26-10-22-46-30-38-14-2-6-18-42(38)34-50(46)54,59(64)68-55-27-11-23-47-31-39-15-3-7-19-43(39)35-51(47)55)60(65)69-56-28-12-24-48-32-40-16-4-8-20-44(40)36-52(48)56/h1-36H. The zero-order chi connectivity index (χ0) is 46.6. The Hall–Kier alpha value is -9.40. The van der Waals surface area contributed by atoms with Crippen LogP contribution in [0.25, 0.3) is 86.2 Å². The SMILES string of the molecule is O=C(Oc1cccc2cc3ccccc3cc12)C(C(=O)Oc1cccc2cc3ccccc3cc12)(C(=O)Oc1cccc2cc3ccccc3cc12)C(=O)Oc1cccc2cc3ccccc3cc12. The average Bonchev–Trinajstić information content (AvgIpc) is 3.37. The lowest BCUT2D eigenvalue weighted by Gasteiger charge is -2.26. The number of carbonyl (C=O) groups is 4. The van der Waals surface area contributed by atoms with E-state index in [0.29, 0.717) is 43.1 Å². The Morgan fingerprint density at radius 1 is 0.232 bits per heavy atom. The smallest absolute Gasteiger partial charge is 0.357 e. The largest absolute Gasteiger partial charge is 0.424 e. The maximum Gasteiger partial charge on any atom is 0.357 e. The molecule has 0 aromatic heterocycles. The van der Waals surface area contributed by atoms with E-state index in [4.69, 9.17) is 18.9 Å². The number of rotatable bonds is 8. The lowest BCUT2D eigenvalue weighted by atomic mass is 9.87. The summed E-state index contributed by atoms with van der Waals surface area (Å²) in [5.74, 6) is -6.46. The zero-order valence-electron chi connectivity index (χ0n) is 36.6. The van der Waals surface area contributed by atoms with Crippen LogP contribution in [0.3, 0.4) is 0 Å². The molecule has 8 heteroatoms. The number of benzene rings is 12. The molecule has 0 saturated heterocycles. The van der Waals surface area contributed by atoms with Gasteiger partial charge in [-0.2, -0.15) is 0 Å². The van der Waals surface area contributed by atoms with Crippen LogP contribution < -0.4 is 18.9 Å². The number of fused-ring (bicyclic) bond motifs is 8. The summed E-state index contributed by atoms with van der Waals surface area (Å²) < 4.78 is 24.9. The fourth-order valence-corrected chi connectivity index (χ4v) is 9.31. The molecule has 0 aliphatic rings. The monoisotopic (exact) mass is 896 g/mol. The van der Waals surface area contributed by atoms with Gasteiger partial charge in [0, 0.05) is 21.5 Å². The number of carbonyl (C=O) groups excluding carboxylic acids is 4. The first-order chi connectivity index (χ1) is 33.8. The number of ether oxygens (including phenoxy) is 4. The third kappa shape index (κ3) is 7.10. The van der Waals surface area contributed by atoms with Gasteiger partial charge in [-0.15, -0.1) is 0 Å². The summed E-state index contributed by atoms with van der Waals surface area (Å²) in [6.45, 7) is 0. The second-order valence-electron chi connectivity index (χ2n) is 17.0. The van der Waals surface area contributed by atoms with Gasteiger partial charge in [-0.25, -0.2) is 19.2 Å². The average molecular weight is 897 g/mol. The van der Waals surface area contributed by atoms with Gasteiger partial charge in [-0.05, 0) is 137 Å². The minimum atomic E-state index is -3.56. The Kier molecular flexibility index (Phi) is 9.81. The van der Waals surface area contributed by atoms with Crippen LogP contribution in [-0.2, 0) is 19.2 Å². The number of hydrogen-bond donors (Lipinski definition) is 0. The highest BCUT2D eigenvalue weighted by Crippen LogP contribution is 2.39. The maximum absolute atomic E-state index is 15.6. The third-order valence-electron chi connectivity index (χ3n) is 12.9. The van der Waals surface area contributed by atoms with Gasteiger partial charge in [-0.1, -0.05) is 146 Å². The van der Waals surface area contributed by atoms with Crippen molar-refractivity contribution < 1.29 is 38.1 Å². The molecule has 0 atom stereocenters. The molecule has 69 heavy (non-hydrogen) atoms. The number of esters is 4. The minimum absolute atomic E-state index is 0.0223. The molecule has 0 aliphatic heterocycles. The fourth-order valence-electron chi connectivity index (χ4n) is 9.31. The molecule has 0 amide bonds. The van der Waals surface area contributed by atoms with Crippen molar-refractivity contribution in [2.75, 3.05) is 0 Å². The van der Waals surface area contributed by atoms with Crippen molar-refractivity contribution in [3.05, 3.63) is 218 Å². The Labute approximate surface area is 393 Å². The van der Waals surface area contributed by atoms with Gasteiger partial charge in [-0.3, -0.25) is 0 Å². The van der Waals surface area contributed by atoms with Crippen molar-refractivity contribution >= 4 is 110 Å². The van der Waals surface area contributed by atoms with Crippen LogP contribution in [0.4, 0.5) is 0 Å². The molecule has 328 valence electrons. The Morgan fingerprint density at radius 3 is 0.638 bits per heavy atom. The van der Waals surface area contributed by atoms with E-state index < -0.39 is 29.3 Å². The second kappa shape index (κ2) is 16.5. The first kappa shape index (κ1) is 41.1. The van der Waals surface area contributed by atoms with Crippen LogP contribution in [0, 0.1) is 5.41 Å². The van der Waals surface area contributed by atoms with Gasteiger partial charge in [0.25, 0.3) is 0 Å². The third-order valence-corrected chi connectivity index (χ3v) is 12.9. The highest BCUT2D eigenvalue weighted by atomic mass is 16.6. The van der Waals surface area contributed by atoms with E-state index in [0.717, 1.165) is 43.1 Å². The van der Waals surface area contributed by atoms with Crippen LogP contribution in [0.5, 0.6) is 23.0 Å². The van der Waals surface area contributed by atoms with Crippen molar-refractivity contribution in [3.63, 3.8) is 0 Å². The van der Waals surface area contributed by atoms with Gasteiger partial charge in [0.2, 0.25) is 0 Å². The summed E-state index contributed by atoms with van der Waals surface area (Å²) in [4.78, 5) is 62.5. The van der Waals surface area contributed by atoms with Crippen LogP contribution in [0.2, 0.25) is 0 Å². The van der Waals surface area contributed by atoms with Crippen molar-refractivity contribution in [2.24, 2.45) is 5.41 Å². The maximum atomic E-state index is 15.6. The first-order valence-corrected chi connectivity index (χ1v) is 22.4. The predicted molar refractivity (Wildman–Crippen MR) is 271 cm³/mol. The molecule has 8 nitrogen and oxygen atoms in total. The summed E-state index contributed by atoms with van der Waals surface area (Å²) in [6, 6.07) is 66.1. The molecule has 0 spiro atoms. The van der Waals surface area contributed by atoms with Gasteiger partial charge >= 0.3 is 29.3 Å². The summed E-state index contributed by atoms with van der Waals surface area (Å²) in [6.07, 6.45) is 0. The van der Waals surface area contributed by atoms with Gasteiger partial charge < -0.3 is 18.9 Å². The molecule has 0 aliphatic carbocycles. The molecule has 12 aromatic carbocycles. The molecule has 12 aromatic rings. The van der Waals surface area contributed by atoms with E-state index >= 15 is 19.2 Å². The van der Waals surface area contributed by atoms with Crippen LogP contribution in [-0.4, -0.2) is 23.9 Å². The van der Waals surface area contributed by atoms with E-state index in [9.17, 15) is 0 Å². The Balaban J connectivity index is 1.06. The lowest BCUT2D eigenvalue weighted by Crippen LogP contribution is -2.59. The Bertz CT molecular complexity index is 3600. The van der Waals surface area contributed by atoms with Gasteiger partial charge in [0.15, 0.2) is 0 Å². The molecule has 12 rings (SSSR count). The van der Waals surface area contributed by atoms with E-state index in [1.54, 1.807) is 24.3 Å². The zero-order valence-corrected chi connectivity index (χ0v) is 36.6. The topological polar surface area (TPSA) is 105 Å². The highest BCUT2D eigenvalue weighted by molar-refractivity contribution is 6.34. The van der Waals surface area contributed by atoms with E-state index in [2.05, 4.69) is 0 Å². The number of hydrogen-bond acceptors (Lipinski definition) is 8. The van der Waals surface area contributed by atoms with Crippen molar-refractivity contribution in [1.29, 1.82) is 0 Å². The van der Waals surface area contributed by atoms with Crippen LogP contribution >= 0.6 is 0 Å². The summed E-state index contributed by atoms with van der Waals surface area (Å²) in [7, 11) is 0. The molecule has 0 fully saturated rings. The van der Waals surface area contributed by atoms with Crippen LogP contribution in [0.1, 0.15) is 0 Å². The molecule has 0 unspecified atom stereocenters. The molecular formula is C61H36O8. The molecule has 0 radical (unpaired) electrons. The van der Waals surface area contributed by atoms with E-state index in [1.165, 1.54) is 24.3 Å². The van der Waals surface area contributed by atoms with Gasteiger partial charge in [0.05, 0.1) is 0 Å². The van der Waals surface area contributed by atoms with Crippen molar-refractivity contribution in [2.45, 2.75) is 0 Å². The minimum Gasteiger partial charge on any atom is -0.424 e. The molecule has 0 heterocycles. The summed E-state index contributed by atoms with van der Waals surface area (Å²) >= 11 is 0. The predicted octanol–water partition coefficient (Wildman–Crippen LogP) is 13.6. The molecule has 0 saturated carbocycles. The molecule has 0 bridgehead atoms. The summed E-state index contributed by atoms with van der Waals surface area (Å²) in [5.41, 5.74) is -3.56.